The van der Waals surface area contributed by atoms with Crippen molar-refractivity contribution in [3.05, 3.63) is 26.3 Å². The number of rotatable bonds is 3. The van der Waals surface area contributed by atoms with Gasteiger partial charge < -0.3 is 19.6 Å². The van der Waals surface area contributed by atoms with Crippen LogP contribution in [0, 0.1) is 21.4 Å². The van der Waals surface area contributed by atoms with E-state index >= 15 is 0 Å². The number of carbonyl (C=O) groups excluding carboxylic acids is 1. The summed E-state index contributed by atoms with van der Waals surface area (Å²) in [6.45, 7) is 5.87. The Bertz CT molecular complexity index is 789. The van der Waals surface area contributed by atoms with Crippen LogP contribution in [0.25, 0.3) is 0 Å². The minimum Gasteiger partial charge on any atom is -0.444 e. The minimum absolute atomic E-state index is 0.193. The lowest BCUT2D eigenvalue weighted by atomic mass is 10.1. The summed E-state index contributed by atoms with van der Waals surface area (Å²) in [5.41, 5.74) is -1.35. The Morgan fingerprint density at radius 1 is 1.56 bits per heavy atom. The molecule has 0 unspecified atom stereocenters. The minimum atomic E-state index is -0.677. The first-order valence-corrected chi connectivity index (χ1v) is 8.97. The number of pyridine rings is 1. The van der Waals surface area contributed by atoms with Crippen LogP contribution in [0.2, 0.25) is 0 Å². The number of anilines is 1. The summed E-state index contributed by atoms with van der Waals surface area (Å²) in [6, 6.07) is 2.44. The van der Waals surface area contributed by atoms with Gasteiger partial charge in [0.05, 0.1) is 22.0 Å². The summed E-state index contributed by atoms with van der Waals surface area (Å²) in [5, 5.41) is 30.0. The van der Waals surface area contributed by atoms with Crippen molar-refractivity contribution in [3.63, 3.8) is 0 Å². The number of aliphatic hydroxyl groups excluding tert-OH is 1. The van der Waals surface area contributed by atoms with Gasteiger partial charge in [0.2, 0.25) is 5.69 Å². The van der Waals surface area contributed by atoms with E-state index in [1.165, 1.54) is 11.0 Å². The predicted octanol–water partition coefficient (Wildman–Crippen LogP) is 2.04. The maximum absolute atomic E-state index is 12.3. The summed E-state index contributed by atoms with van der Waals surface area (Å²) in [5.74, 6) is 0.306. The number of ether oxygens (including phenoxy) is 1. The molecule has 0 saturated carbocycles. The highest BCUT2D eigenvalue weighted by Gasteiger charge is 2.34. The highest BCUT2D eigenvalue weighted by atomic mass is 79.9. The molecular weight excluding hydrogens is 422 g/mol. The van der Waals surface area contributed by atoms with Gasteiger partial charge in [-0.1, -0.05) is 0 Å². The van der Waals surface area contributed by atoms with E-state index in [9.17, 15) is 20.0 Å². The first-order chi connectivity index (χ1) is 12.6. The zero-order valence-corrected chi connectivity index (χ0v) is 16.8. The molecule has 1 aliphatic rings. The van der Waals surface area contributed by atoms with Crippen LogP contribution in [0.4, 0.5) is 16.3 Å². The molecule has 2 rings (SSSR count). The summed E-state index contributed by atoms with van der Waals surface area (Å²) in [4.78, 5) is 29.9. The van der Waals surface area contributed by atoms with E-state index in [1.807, 2.05) is 0 Å². The number of aliphatic hydroxyl groups is 1. The molecule has 1 N–H and O–H groups in total. The number of hydrogen-bond donors (Lipinski definition) is 1. The Morgan fingerprint density at radius 2 is 2.22 bits per heavy atom. The summed E-state index contributed by atoms with van der Waals surface area (Å²) < 4.78 is 5.69. The number of nitrogens with zero attached hydrogens (tertiary/aromatic N) is 5. The fraction of sp³-hybridized carbons (Fsp3) is 0.562. The average Bonchev–Trinajstić information content (AvgIpc) is 2.59. The molecule has 0 spiro atoms. The van der Waals surface area contributed by atoms with Crippen LogP contribution in [-0.2, 0) is 4.74 Å². The van der Waals surface area contributed by atoms with Crippen molar-refractivity contribution in [1.29, 1.82) is 5.26 Å². The molecule has 1 saturated heterocycles. The van der Waals surface area contributed by atoms with Crippen molar-refractivity contribution < 1.29 is 19.6 Å². The van der Waals surface area contributed by atoms with Gasteiger partial charge in [-0.25, -0.2) is 9.78 Å². The van der Waals surface area contributed by atoms with E-state index in [0.29, 0.717) is 23.4 Å². The fourth-order valence-corrected chi connectivity index (χ4v) is 3.21. The zero-order chi connectivity index (χ0) is 20.4. The van der Waals surface area contributed by atoms with Crippen LogP contribution in [0.15, 0.2) is 10.5 Å². The summed E-state index contributed by atoms with van der Waals surface area (Å²) in [6.07, 6.45) is -0.478. The highest BCUT2D eigenvalue weighted by Crippen LogP contribution is 2.32. The number of nitro groups is 1. The van der Waals surface area contributed by atoms with Crippen molar-refractivity contribution >= 4 is 33.5 Å². The van der Waals surface area contributed by atoms with Gasteiger partial charge in [-0.2, -0.15) is 5.26 Å². The smallest absolute Gasteiger partial charge is 0.410 e. The molecule has 146 valence electrons. The summed E-state index contributed by atoms with van der Waals surface area (Å²) >= 11 is 3.25. The van der Waals surface area contributed by atoms with Crippen molar-refractivity contribution in [2.45, 2.75) is 32.4 Å². The Hall–Kier alpha value is -2.45. The number of aromatic nitrogens is 1. The van der Waals surface area contributed by atoms with Gasteiger partial charge in [0.1, 0.15) is 17.5 Å². The van der Waals surface area contributed by atoms with E-state index in [1.54, 1.807) is 31.7 Å². The standard InChI is InChI=1S/C16H20BrN5O5/c1-16(2,3)27-15(24)20-4-5-21(10(8-20)9-23)14-11(17)6-13(22(25)26)12(7-18)19-14/h6,10,23H,4-5,8-9H2,1-3H3/t10-/m0/s1. The van der Waals surface area contributed by atoms with Crippen molar-refractivity contribution in [3.8, 4) is 6.07 Å². The molecule has 1 aliphatic heterocycles. The second-order valence-corrected chi connectivity index (χ2v) is 7.84. The normalized spacial score (nSPS) is 17.4. The number of nitriles is 1. The zero-order valence-electron chi connectivity index (χ0n) is 15.2. The van der Waals surface area contributed by atoms with Gasteiger partial charge in [0, 0.05) is 25.7 Å². The molecule has 11 heteroatoms. The first kappa shape index (κ1) is 20.9. The molecule has 0 bridgehead atoms. The fourth-order valence-electron chi connectivity index (χ4n) is 2.68. The van der Waals surface area contributed by atoms with Crippen LogP contribution in [-0.4, -0.2) is 63.9 Å². The third-order valence-corrected chi connectivity index (χ3v) is 4.44. The number of amides is 1. The Balaban J connectivity index is 2.27. The van der Waals surface area contributed by atoms with Gasteiger partial charge >= 0.3 is 11.8 Å². The molecule has 0 aromatic carbocycles. The van der Waals surface area contributed by atoms with Crippen molar-refractivity contribution in [1.82, 2.24) is 9.88 Å². The van der Waals surface area contributed by atoms with E-state index in [4.69, 9.17) is 10.00 Å². The van der Waals surface area contributed by atoms with Crippen molar-refractivity contribution in [2.75, 3.05) is 31.1 Å². The van der Waals surface area contributed by atoms with E-state index in [-0.39, 0.29) is 18.8 Å². The predicted molar refractivity (Wildman–Crippen MR) is 99.3 cm³/mol. The topological polar surface area (TPSA) is 133 Å². The lowest BCUT2D eigenvalue weighted by Gasteiger charge is -2.41. The molecule has 1 amide bonds. The quantitative estimate of drug-likeness (QED) is 0.556. The molecule has 0 aliphatic carbocycles. The Morgan fingerprint density at radius 3 is 2.74 bits per heavy atom. The van der Waals surface area contributed by atoms with Gasteiger partial charge in [-0.15, -0.1) is 0 Å². The lowest BCUT2D eigenvalue weighted by Crippen LogP contribution is -2.57. The number of hydrogen-bond acceptors (Lipinski definition) is 8. The van der Waals surface area contributed by atoms with Gasteiger partial charge in [-0.05, 0) is 36.7 Å². The molecule has 1 aromatic heterocycles. The molecule has 1 atom stereocenters. The van der Waals surface area contributed by atoms with Crippen molar-refractivity contribution in [2.24, 2.45) is 0 Å². The van der Waals surface area contributed by atoms with Crippen LogP contribution in [0.1, 0.15) is 26.5 Å². The van der Waals surface area contributed by atoms with E-state index in [0.717, 1.165) is 0 Å². The second-order valence-electron chi connectivity index (χ2n) is 6.99. The average molecular weight is 442 g/mol. The van der Waals surface area contributed by atoms with Crippen LogP contribution >= 0.6 is 15.9 Å². The van der Waals surface area contributed by atoms with Gasteiger partial charge in [0.25, 0.3) is 0 Å². The van der Waals surface area contributed by atoms with Crippen LogP contribution < -0.4 is 4.90 Å². The number of piperazine rings is 1. The molecule has 1 aromatic rings. The number of carbonyl (C=O) groups is 1. The van der Waals surface area contributed by atoms with Gasteiger partial charge in [-0.3, -0.25) is 10.1 Å². The maximum Gasteiger partial charge on any atom is 0.410 e. The SMILES string of the molecule is CC(C)(C)OC(=O)N1CCN(c2nc(C#N)c([N+](=O)[O-])cc2Br)[C@H](CO)C1. The molecule has 0 radical (unpaired) electrons. The molecular formula is C16H20BrN5O5. The van der Waals surface area contributed by atoms with Crippen LogP contribution in [0.5, 0.6) is 0 Å². The first-order valence-electron chi connectivity index (χ1n) is 8.18. The maximum atomic E-state index is 12.3. The Labute approximate surface area is 164 Å². The van der Waals surface area contributed by atoms with Gasteiger partial charge in [0.15, 0.2) is 0 Å². The third kappa shape index (κ3) is 4.84. The monoisotopic (exact) mass is 441 g/mol. The lowest BCUT2D eigenvalue weighted by molar-refractivity contribution is -0.385. The summed E-state index contributed by atoms with van der Waals surface area (Å²) in [7, 11) is 0. The molecule has 2 heterocycles. The number of halogens is 1. The second kappa shape index (κ2) is 8.06. The molecule has 1 fully saturated rings. The molecule has 10 nitrogen and oxygen atoms in total. The Kier molecular flexibility index (Phi) is 6.22. The van der Waals surface area contributed by atoms with E-state index in [2.05, 4.69) is 20.9 Å². The largest absolute Gasteiger partial charge is 0.444 e. The molecule has 27 heavy (non-hydrogen) atoms. The highest BCUT2D eigenvalue weighted by molar-refractivity contribution is 9.10. The third-order valence-electron chi connectivity index (χ3n) is 3.86. The van der Waals surface area contributed by atoms with Crippen LogP contribution in [0.3, 0.4) is 0 Å². The van der Waals surface area contributed by atoms with E-state index < -0.39 is 28.3 Å².